The number of hydrogen-bond donors (Lipinski definition) is 0. The summed E-state index contributed by atoms with van der Waals surface area (Å²) in [6.07, 6.45) is 4.17. The Kier molecular flexibility index (Phi) is 6.77. The van der Waals surface area contributed by atoms with Crippen LogP contribution in [0, 0.1) is 5.92 Å². The molecule has 0 unspecified atom stereocenters. The molecule has 4 aromatic rings. The SMILES string of the molecule is CCc1ccc(-c2cc(C(=O)N3CCC(Cc4ccccc4)CC3)c3cc(Br)ccc3n2)cc1. The number of likely N-dealkylation sites (tertiary alicyclic amines) is 1. The van der Waals surface area contributed by atoms with Gasteiger partial charge in [0.05, 0.1) is 16.8 Å². The molecule has 1 aliphatic rings. The molecule has 1 amide bonds. The van der Waals surface area contributed by atoms with Crippen LogP contribution in [0.4, 0.5) is 0 Å². The van der Waals surface area contributed by atoms with E-state index in [1.165, 1.54) is 11.1 Å². The summed E-state index contributed by atoms with van der Waals surface area (Å²) in [5.41, 5.74) is 6.15. The van der Waals surface area contributed by atoms with E-state index in [1.807, 2.05) is 29.2 Å². The standard InChI is InChI=1S/C30H29BrN2O/c1-2-21-8-10-24(11-9-21)29-20-27(26-19-25(31)12-13-28(26)32-29)30(34)33-16-14-23(15-17-33)18-22-6-4-3-5-7-22/h3-13,19-20,23H,2,14-18H2,1H3. The topological polar surface area (TPSA) is 33.2 Å². The third-order valence-corrected chi connectivity index (χ3v) is 7.42. The maximum absolute atomic E-state index is 13.8. The van der Waals surface area contributed by atoms with Gasteiger partial charge in [0, 0.05) is 28.5 Å². The molecule has 0 bridgehead atoms. The van der Waals surface area contributed by atoms with Crippen LogP contribution in [0.1, 0.15) is 41.3 Å². The van der Waals surface area contributed by atoms with Crippen LogP contribution in [0.15, 0.2) is 83.3 Å². The van der Waals surface area contributed by atoms with Gasteiger partial charge in [-0.15, -0.1) is 0 Å². The molecule has 0 N–H and O–H groups in total. The molecule has 1 aromatic heterocycles. The first-order valence-corrected chi connectivity index (χ1v) is 12.9. The number of nitrogens with zero attached hydrogens (tertiary/aromatic N) is 2. The van der Waals surface area contributed by atoms with Crippen LogP contribution >= 0.6 is 15.9 Å². The van der Waals surface area contributed by atoms with Gasteiger partial charge in [-0.05, 0) is 67.0 Å². The van der Waals surface area contributed by atoms with Crippen molar-refractivity contribution in [2.75, 3.05) is 13.1 Å². The number of hydrogen-bond acceptors (Lipinski definition) is 2. The molecule has 4 heteroatoms. The number of aryl methyl sites for hydroxylation is 1. The first-order valence-electron chi connectivity index (χ1n) is 12.1. The minimum Gasteiger partial charge on any atom is -0.339 e. The van der Waals surface area contributed by atoms with E-state index in [0.29, 0.717) is 5.92 Å². The van der Waals surface area contributed by atoms with Gasteiger partial charge in [-0.2, -0.15) is 0 Å². The molecule has 1 aliphatic heterocycles. The lowest BCUT2D eigenvalue weighted by Crippen LogP contribution is -2.39. The largest absolute Gasteiger partial charge is 0.339 e. The molecule has 0 atom stereocenters. The third-order valence-electron chi connectivity index (χ3n) is 6.93. The predicted molar refractivity (Wildman–Crippen MR) is 143 cm³/mol. The van der Waals surface area contributed by atoms with Crippen molar-refractivity contribution in [3.8, 4) is 11.3 Å². The maximum Gasteiger partial charge on any atom is 0.254 e. The summed E-state index contributed by atoms with van der Waals surface area (Å²) in [6.45, 7) is 3.75. The number of benzene rings is 3. The molecule has 3 aromatic carbocycles. The van der Waals surface area contributed by atoms with Gasteiger partial charge in [-0.3, -0.25) is 4.79 Å². The molecule has 0 spiro atoms. The first kappa shape index (κ1) is 22.8. The van der Waals surface area contributed by atoms with E-state index in [-0.39, 0.29) is 5.91 Å². The summed E-state index contributed by atoms with van der Waals surface area (Å²) in [5.74, 6) is 0.734. The van der Waals surface area contributed by atoms with Gasteiger partial charge in [-0.25, -0.2) is 4.98 Å². The number of carbonyl (C=O) groups is 1. The Morgan fingerprint density at radius 3 is 2.38 bits per heavy atom. The van der Waals surface area contributed by atoms with Crippen molar-refractivity contribution in [3.05, 3.63) is 100 Å². The summed E-state index contributed by atoms with van der Waals surface area (Å²) in [5, 5.41) is 0.903. The monoisotopic (exact) mass is 512 g/mol. The number of fused-ring (bicyclic) bond motifs is 1. The number of amides is 1. The van der Waals surface area contributed by atoms with Crippen molar-refractivity contribution in [2.24, 2.45) is 5.92 Å². The third kappa shape index (κ3) is 4.92. The maximum atomic E-state index is 13.8. The lowest BCUT2D eigenvalue weighted by atomic mass is 9.90. The van der Waals surface area contributed by atoms with Gasteiger partial charge in [0.25, 0.3) is 5.91 Å². The highest BCUT2D eigenvalue weighted by molar-refractivity contribution is 9.10. The van der Waals surface area contributed by atoms with Crippen LogP contribution in [0.25, 0.3) is 22.2 Å². The number of aromatic nitrogens is 1. The molecule has 1 fully saturated rings. The highest BCUT2D eigenvalue weighted by Gasteiger charge is 2.25. The van der Waals surface area contributed by atoms with Crippen molar-refractivity contribution < 1.29 is 4.79 Å². The summed E-state index contributed by atoms with van der Waals surface area (Å²) < 4.78 is 0.956. The molecular formula is C30H29BrN2O. The van der Waals surface area contributed by atoms with E-state index in [9.17, 15) is 4.79 Å². The quantitative estimate of drug-likeness (QED) is 0.280. The highest BCUT2D eigenvalue weighted by atomic mass is 79.9. The van der Waals surface area contributed by atoms with Gasteiger partial charge in [0.2, 0.25) is 0 Å². The zero-order chi connectivity index (χ0) is 23.5. The molecule has 2 heterocycles. The minimum absolute atomic E-state index is 0.107. The van der Waals surface area contributed by atoms with Crippen LogP contribution in [-0.4, -0.2) is 28.9 Å². The number of pyridine rings is 1. The van der Waals surface area contributed by atoms with E-state index in [1.54, 1.807) is 0 Å². The average molecular weight is 513 g/mol. The van der Waals surface area contributed by atoms with E-state index < -0.39 is 0 Å². The van der Waals surface area contributed by atoms with Gasteiger partial charge in [-0.1, -0.05) is 77.5 Å². The molecule has 0 aliphatic carbocycles. The van der Waals surface area contributed by atoms with Crippen LogP contribution in [-0.2, 0) is 12.8 Å². The number of piperidine rings is 1. The summed E-state index contributed by atoms with van der Waals surface area (Å²) in [7, 11) is 0. The Morgan fingerprint density at radius 2 is 1.68 bits per heavy atom. The predicted octanol–water partition coefficient (Wildman–Crippen LogP) is 7.32. The van der Waals surface area contributed by atoms with Gasteiger partial charge in [0.15, 0.2) is 0 Å². The van der Waals surface area contributed by atoms with Crippen molar-refractivity contribution >= 4 is 32.7 Å². The first-order chi connectivity index (χ1) is 16.6. The lowest BCUT2D eigenvalue weighted by molar-refractivity contribution is 0.0692. The fourth-order valence-electron chi connectivity index (χ4n) is 4.89. The minimum atomic E-state index is 0.107. The molecule has 5 rings (SSSR count). The smallest absolute Gasteiger partial charge is 0.254 e. The van der Waals surface area contributed by atoms with Crippen LogP contribution in [0.5, 0.6) is 0 Å². The van der Waals surface area contributed by atoms with Crippen LogP contribution < -0.4 is 0 Å². The van der Waals surface area contributed by atoms with E-state index in [0.717, 1.165) is 71.0 Å². The normalized spacial score (nSPS) is 14.5. The fraction of sp³-hybridized carbons (Fsp3) is 0.267. The van der Waals surface area contributed by atoms with Gasteiger partial charge in [0.1, 0.15) is 0 Å². The molecule has 34 heavy (non-hydrogen) atoms. The van der Waals surface area contributed by atoms with Gasteiger partial charge < -0.3 is 4.90 Å². The average Bonchev–Trinajstić information content (AvgIpc) is 2.89. The zero-order valence-corrected chi connectivity index (χ0v) is 21.1. The fourth-order valence-corrected chi connectivity index (χ4v) is 5.25. The van der Waals surface area contributed by atoms with Crippen molar-refractivity contribution in [1.29, 1.82) is 0 Å². The molecule has 0 saturated carbocycles. The van der Waals surface area contributed by atoms with Crippen LogP contribution in [0.3, 0.4) is 0 Å². The second-order valence-electron chi connectivity index (χ2n) is 9.19. The van der Waals surface area contributed by atoms with Gasteiger partial charge >= 0.3 is 0 Å². The van der Waals surface area contributed by atoms with Crippen molar-refractivity contribution in [3.63, 3.8) is 0 Å². The summed E-state index contributed by atoms with van der Waals surface area (Å²) in [4.78, 5) is 20.7. The number of halogens is 1. The van der Waals surface area contributed by atoms with Crippen molar-refractivity contribution in [2.45, 2.75) is 32.6 Å². The summed E-state index contributed by atoms with van der Waals surface area (Å²) >= 11 is 3.58. The highest BCUT2D eigenvalue weighted by Crippen LogP contribution is 2.30. The molecule has 1 saturated heterocycles. The Balaban J connectivity index is 1.41. The number of carbonyl (C=O) groups excluding carboxylic acids is 1. The molecular weight excluding hydrogens is 484 g/mol. The Bertz CT molecular complexity index is 1290. The second kappa shape index (κ2) is 10.1. The van der Waals surface area contributed by atoms with Crippen LogP contribution in [0.2, 0.25) is 0 Å². The lowest BCUT2D eigenvalue weighted by Gasteiger charge is -2.32. The Morgan fingerprint density at radius 1 is 0.941 bits per heavy atom. The van der Waals surface area contributed by atoms with Crippen molar-refractivity contribution in [1.82, 2.24) is 9.88 Å². The summed E-state index contributed by atoms with van der Waals surface area (Å²) in [6, 6.07) is 27.1. The van der Waals surface area contributed by atoms with E-state index in [2.05, 4.69) is 77.5 Å². The Hall–Kier alpha value is -2.98. The number of rotatable bonds is 5. The Labute approximate surface area is 210 Å². The second-order valence-corrected chi connectivity index (χ2v) is 10.1. The molecule has 3 nitrogen and oxygen atoms in total. The van der Waals surface area contributed by atoms with E-state index in [4.69, 9.17) is 4.98 Å². The molecule has 0 radical (unpaired) electrons. The molecule has 172 valence electrons. The van der Waals surface area contributed by atoms with E-state index >= 15 is 0 Å². The zero-order valence-electron chi connectivity index (χ0n) is 19.5.